The van der Waals surface area contributed by atoms with Crippen LogP contribution in [0.25, 0.3) is 0 Å². The van der Waals surface area contributed by atoms with Gasteiger partial charge in [0.15, 0.2) is 0 Å². The number of likely N-dealkylation sites (tertiary alicyclic amines) is 1. The van der Waals surface area contributed by atoms with Crippen molar-refractivity contribution in [2.45, 2.75) is 38.8 Å². The second-order valence-electron chi connectivity index (χ2n) is 5.95. The van der Waals surface area contributed by atoms with Crippen molar-refractivity contribution in [1.82, 2.24) is 20.1 Å². The monoisotopic (exact) mass is 330 g/mol. The molecule has 0 radical (unpaired) electrons. The van der Waals surface area contributed by atoms with Crippen molar-refractivity contribution in [3.8, 4) is 0 Å². The van der Waals surface area contributed by atoms with Crippen molar-refractivity contribution < 1.29 is 0 Å². The van der Waals surface area contributed by atoms with Gasteiger partial charge in [0.05, 0.1) is 10.7 Å². The van der Waals surface area contributed by atoms with E-state index >= 15 is 0 Å². The van der Waals surface area contributed by atoms with Crippen LogP contribution in [-0.4, -0.2) is 60.1 Å². The molecule has 1 aromatic rings. The summed E-state index contributed by atoms with van der Waals surface area (Å²) in [6.45, 7) is 10.5. The molecule has 1 N–H and O–H groups in total. The number of nitrogens with one attached hydrogen (secondary N) is 1. The maximum Gasteiger partial charge on any atom is 0.0928 e. The van der Waals surface area contributed by atoms with Crippen LogP contribution in [0.4, 0.5) is 0 Å². The van der Waals surface area contributed by atoms with Crippen LogP contribution >= 0.6 is 23.7 Å². The minimum atomic E-state index is 0. The number of aromatic nitrogens is 1. The molecule has 0 bridgehead atoms. The Balaban J connectivity index is 0.00000161. The van der Waals surface area contributed by atoms with Gasteiger partial charge < -0.3 is 5.32 Å². The third kappa shape index (κ3) is 4.63. The molecule has 0 saturated carbocycles. The highest BCUT2D eigenvalue weighted by atomic mass is 35.5. The SMILES string of the molecule is CCCc1nc(CN2CCC(N3CCNCC3)C2)cs1.Cl. The van der Waals surface area contributed by atoms with Gasteiger partial charge in [-0.25, -0.2) is 4.98 Å². The molecule has 4 nitrogen and oxygen atoms in total. The maximum absolute atomic E-state index is 4.75. The Morgan fingerprint density at radius 1 is 1.33 bits per heavy atom. The van der Waals surface area contributed by atoms with Crippen LogP contribution in [0.1, 0.15) is 30.5 Å². The zero-order valence-electron chi connectivity index (χ0n) is 12.9. The van der Waals surface area contributed by atoms with Crippen molar-refractivity contribution in [1.29, 1.82) is 0 Å². The molecule has 2 aliphatic heterocycles. The quantitative estimate of drug-likeness (QED) is 0.894. The summed E-state index contributed by atoms with van der Waals surface area (Å²) in [5.41, 5.74) is 1.28. The highest BCUT2D eigenvalue weighted by molar-refractivity contribution is 7.09. The summed E-state index contributed by atoms with van der Waals surface area (Å²) in [5, 5.41) is 7.00. The minimum absolute atomic E-state index is 0. The zero-order valence-corrected chi connectivity index (χ0v) is 14.5. The number of hydrogen-bond donors (Lipinski definition) is 1. The maximum atomic E-state index is 4.75. The lowest BCUT2D eigenvalue weighted by molar-refractivity contribution is 0.170. The summed E-state index contributed by atoms with van der Waals surface area (Å²) in [6, 6.07) is 0.769. The van der Waals surface area contributed by atoms with E-state index in [0.717, 1.165) is 32.1 Å². The molecule has 0 aliphatic carbocycles. The lowest BCUT2D eigenvalue weighted by atomic mass is 10.2. The smallest absolute Gasteiger partial charge is 0.0928 e. The molecule has 1 unspecified atom stereocenters. The number of rotatable bonds is 5. The van der Waals surface area contributed by atoms with Crippen molar-refractivity contribution in [3.63, 3.8) is 0 Å². The van der Waals surface area contributed by atoms with Gasteiger partial charge in [0.25, 0.3) is 0 Å². The fourth-order valence-corrected chi connectivity index (χ4v) is 4.17. The second-order valence-corrected chi connectivity index (χ2v) is 6.89. The predicted molar refractivity (Wildman–Crippen MR) is 91.5 cm³/mol. The Hall–Kier alpha value is -0.200. The van der Waals surface area contributed by atoms with Crippen LogP contribution in [0, 0.1) is 0 Å². The van der Waals surface area contributed by atoms with Gasteiger partial charge in [0.2, 0.25) is 0 Å². The number of thiazole rings is 1. The predicted octanol–water partition coefficient (Wildman–Crippen LogP) is 2.00. The Labute approximate surface area is 138 Å². The third-order valence-corrected chi connectivity index (χ3v) is 5.32. The first kappa shape index (κ1) is 17.2. The number of halogens is 1. The van der Waals surface area contributed by atoms with E-state index < -0.39 is 0 Å². The Bertz CT molecular complexity index is 420. The zero-order chi connectivity index (χ0) is 13.8. The van der Waals surface area contributed by atoms with E-state index in [1.807, 2.05) is 11.3 Å². The summed E-state index contributed by atoms with van der Waals surface area (Å²) in [7, 11) is 0. The fourth-order valence-electron chi connectivity index (χ4n) is 3.28. The highest BCUT2D eigenvalue weighted by Crippen LogP contribution is 2.20. The van der Waals surface area contributed by atoms with E-state index in [2.05, 4.69) is 27.4 Å². The average molecular weight is 331 g/mol. The fraction of sp³-hybridized carbons (Fsp3) is 0.800. The van der Waals surface area contributed by atoms with Gasteiger partial charge in [-0.3, -0.25) is 9.80 Å². The first-order chi connectivity index (χ1) is 9.85. The number of piperazine rings is 1. The molecule has 3 rings (SSSR count). The van der Waals surface area contributed by atoms with E-state index in [9.17, 15) is 0 Å². The normalized spacial score (nSPS) is 24.1. The number of aryl methyl sites for hydroxylation is 1. The molecule has 0 spiro atoms. The number of hydrogen-bond acceptors (Lipinski definition) is 5. The van der Waals surface area contributed by atoms with Crippen molar-refractivity contribution in [3.05, 3.63) is 16.1 Å². The average Bonchev–Trinajstić information content (AvgIpc) is 3.11. The van der Waals surface area contributed by atoms with Crippen LogP contribution in [0.2, 0.25) is 0 Å². The number of nitrogens with zero attached hydrogens (tertiary/aromatic N) is 3. The molecule has 2 fully saturated rings. The van der Waals surface area contributed by atoms with Crippen LogP contribution in [0.15, 0.2) is 5.38 Å². The molecule has 0 amide bonds. The van der Waals surface area contributed by atoms with Gasteiger partial charge in [-0.15, -0.1) is 23.7 Å². The Kier molecular flexibility index (Phi) is 6.89. The van der Waals surface area contributed by atoms with Gasteiger partial charge >= 0.3 is 0 Å². The van der Waals surface area contributed by atoms with Crippen LogP contribution in [0.5, 0.6) is 0 Å². The Morgan fingerprint density at radius 3 is 2.90 bits per heavy atom. The van der Waals surface area contributed by atoms with Gasteiger partial charge in [-0.1, -0.05) is 6.92 Å². The standard InChI is InChI=1S/C15H26N4S.ClH/c1-2-3-15-17-13(12-20-15)10-18-7-4-14(11-18)19-8-5-16-6-9-19;/h12,14,16H,2-11H2,1H3;1H. The molecule has 1 aromatic heterocycles. The first-order valence-electron chi connectivity index (χ1n) is 7.95. The Morgan fingerprint density at radius 2 is 2.14 bits per heavy atom. The molecule has 2 aliphatic rings. The highest BCUT2D eigenvalue weighted by Gasteiger charge is 2.28. The molecule has 6 heteroatoms. The first-order valence-corrected chi connectivity index (χ1v) is 8.83. The largest absolute Gasteiger partial charge is 0.314 e. The molecular formula is C15H27ClN4S. The molecular weight excluding hydrogens is 304 g/mol. The summed E-state index contributed by atoms with van der Waals surface area (Å²) >= 11 is 1.83. The molecule has 0 aromatic carbocycles. The topological polar surface area (TPSA) is 31.4 Å². The minimum Gasteiger partial charge on any atom is -0.314 e. The molecule has 21 heavy (non-hydrogen) atoms. The van der Waals surface area contributed by atoms with Crippen molar-refractivity contribution >= 4 is 23.7 Å². The van der Waals surface area contributed by atoms with Gasteiger partial charge in [-0.2, -0.15) is 0 Å². The molecule has 1 atom stereocenters. The van der Waals surface area contributed by atoms with Crippen LogP contribution in [0.3, 0.4) is 0 Å². The summed E-state index contributed by atoms with van der Waals surface area (Å²) in [4.78, 5) is 10.0. The van der Waals surface area contributed by atoms with Crippen molar-refractivity contribution in [2.24, 2.45) is 0 Å². The van der Waals surface area contributed by atoms with Gasteiger partial charge in [0, 0.05) is 57.2 Å². The van der Waals surface area contributed by atoms with E-state index in [-0.39, 0.29) is 12.4 Å². The summed E-state index contributed by atoms with van der Waals surface area (Å²) < 4.78 is 0. The second kappa shape index (κ2) is 8.44. The van der Waals surface area contributed by atoms with Crippen LogP contribution in [-0.2, 0) is 13.0 Å². The van der Waals surface area contributed by atoms with E-state index in [4.69, 9.17) is 4.98 Å². The molecule has 3 heterocycles. The van der Waals surface area contributed by atoms with Gasteiger partial charge in [0.1, 0.15) is 0 Å². The molecule has 120 valence electrons. The van der Waals surface area contributed by atoms with Gasteiger partial charge in [-0.05, 0) is 19.3 Å². The van der Waals surface area contributed by atoms with Crippen LogP contribution < -0.4 is 5.32 Å². The van der Waals surface area contributed by atoms with Crippen molar-refractivity contribution in [2.75, 3.05) is 39.3 Å². The van der Waals surface area contributed by atoms with E-state index in [0.29, 0.717) is 0 Å². The summed E-state index contributed by atoms with van der Waals surface area (Å²) in [6.07, 6.45) is 3.65. The van der Waals surface area contributed by atoms with E-state index in [1.54, 1.807) is 0 Å². The molecule has 2 saturated heterocycles. The summed E-state index contributed by atoms with van der Waals surface area (Å²) in [5.74, 6) is 0. The third-order valence-electron chi connectivity index (χ3n) is 4.36. The van der Waals surface area contributed by atoms with E-state index in [1.165, 1.54) is 49.7 Å². The lowest BCUT2D eigenvalue weighted by Crippen LogP contribution is -2.49. The lowest BCUT2D eigenvalue weighted by Gasteiger charge is -2.32.